The van der Waals surface area contributed by atoms with Crippen LogP contribution in [0.3, 0.4) is 0 Å². The second kappa shape index (κ2) is 8.24. The van der Waals surface area contributed by atoms with Gasteiger partial charge in [-0.05, 0) is 37.3 Å². The number of carbonyl (C=O) groups is 1. The Morgan fingerprint density at radius 1 is 1.08 bits per heavy atom. The molecular weight excluding hydrogens is 304 g/mol. The number of aryl methyl sites for hydroxylation is 1. The fraction of sp³-hybridized carbons (Fsp3) is 0.316. The zero-order valence-electron chi connectivity index (χ0n) is 14.4. The van der Waals surface area contributed by atoms with Crippen molar-refractivity contribution < 1.29 is 14.3 Å². The van der Waals surface area contributed by atoms with Crippen LogP contribution in [0.25, 0.3) is 0 Å². The summed E-state index contributed by atoms with van der Waals surface area (Å²) in [5.74, 6) is 1.31. The molecule has 5 nitrogen and oxygen atoms in total. The standard InChI is InChI=1S/C19H24N2O3/c1-14-4-9-18(24-3)15(12-14)13-21(11-10-19(20)22)16-5-7-17(23-2)8-6-16/h4-9,12H,10-11,13H2,1-3H3,(H2,20,22). The molecule has 2 aromatic carbocycles. The van der Waals surface area contributed by atoms with Crippen molar-refractivity contribution in [2.24, 2.45) is 5.73 Å². The SMILES string of the molecule is COc1ccc(N(CCC(N)=O)Cc2cc(C)ccc2OC)cc1. The molecule has 0 fully saturated rings. The maximum absolute atomic E-state index is 11.2. The minimum atomic E-state index is -0.315. The molecule has 5 heteroatoms. The first kappa shape index (κ1) is 17.7. The number of nitrogens with two attached hydrogens (primary N) is 1. The number of anilines is 1. The highest BCUT2D eigenvalue weighted by Crippen LogP contribution is 2.26. The van der Waals surface area contributed by atoms with Crippen LogP contribution in [0.4, 0.5) is 5.69 Å². The zero-order valence-corrected chi connectivity index (χ0v) is 14.4. The lowest BCUT2D eigenvalue weighted by molar-refractivity contribution is -0.117. The van der Waals surface area contributed by atoms with Gasteiger partial charge in [-0.1, -0.05) is 17.7 Å². The lowest BCUT2D eigenvalue weighted by atomic mass is 10.1. The smallest absolute Gasteiger partial charge is 0.219 e. The van der Waals surface area contributed by atoms with Crippen molar-refractivity contribution in [1.29, 1.82) is 0 Å². The molecule has 0 spiro atoms. The Labute approximate surface area is 143 Å². The fourth-order valence-corrected chi connectivity index (χ4v) is 2.57. The maximum atomic E-state index is 11.2. The summed E-state index contributed by atoms with van der Waals surface area (Å²) in [7, 11) is 3.30. The van der Waals surface area contributed by atoms with Crippen molar-refractivity contribution in [2.75, 3.05) is 25.7 Å². The molecule has 0 saturated carbocycles. The second-order valence-electron chi connectivity index (χ2n) is 5.65. The largest absolute Gasteiger partial charge is 0.497 e. The summed E-state index contributed by atoms with van der Waals surface area (Å²) in [5, 5.41) is 0. The summed E-state index contributed by atoms with van der Waals surface area (Å²) in [6.07, 6.45) is 0.292. The minimum absolute atomic E-state index is 0.292. The molecule has 1 amide bonds. The number of nitrogens with zero attached hydrogens (tertiary/aromatic N) is 1. The molecule has 0 aliphatic heterocycles. The van der Waals surface area contributed by atoms with E-state index in [0.29, 0.717) is 19.5 Å². The first-order valence-corrected chi connectivity index (χ1v) is 7.84. The number of primary amides is 1. The molecule has 0 aliphatic carbocycles. The number of methoxy groups -OCH3 is 2. The van der Waals surface area contributed by atoms with E-state index in [1.165, 1.54) is 0 Å². The lowest BCUT2D eigenvalue weighted by Crippen LogP contribution is -2.28. The van der Waals surface area contributed by atoms with Crippen LogP contribution >= 0.6 is 0 Å². The number of ether oxygens (including phenoxy) is 2. The van der Waals surface area contributed by atoms with Crippen molar-refractivity contribution in [2.45, 2.75) is 19.9 Å². The lowest BCUT2D eigenvalue weighted by Gasteiger charge is -2.26. The minimum Gasteiger partial charge on any atom is -0.497 e. The van der Waals surface area contributed by atoms with E-state index >= 15 is 0 Å². The molecule has 0 bridgehead atoms. The Morgan fingerprint density at radius 3 is 2.38 bits per heavy atom. The van der Waals surface area contributed by atoms with Crippen molar-refractivity contribution >= 4 is 11.6 Å². The topological polar surface area (TPSA) is 64.8 Å². The molecule has 24 heavy (non-hydrogen) atoms. The molecule has 0 heterocycles. The third-order valence-corrected chi connectivity index (χ3v) is 3.86. The Morgan fingerprint density at radius 2 is 1.79 bits per heavy atom. The van der Waals surface area contributed by atoms with E-state index in [1.807, 2.05) is 43.3 Å². The van der Waals surface area contributed by atoms with Gasteiger partial charge in [-0.3, -0.25) is 4.79 Å². The summed E-state index contributed by atoms with van der Waals surface area (Å²) >= 11 is 0. The van der Waals surface area contributed by atoms with Gasteiger partial charge in [0.05, 0.1) is 14.2 Å². The number of hydrogen-bond donors (Lipinski definition) is 1. The van der Waals surface area contributed by atoms with Gasteiger partial charge in [-0.15, -0.1) is 0 Å². The number of carbonyl (C=O) groups excluding carboxylic acids is 1. The van der Waals surface area contributed by atoms with Gasteiger partial charge >= 0.3 is 0 Å². The molecule has 0 aromatic heterocycles. The van der Waals surface area contributed by atoms with Crippen LogP contribution in [-0.2, 0) is 11.3 Å². The summed E-state index contributed by atoms with van der Waals surface area (Å²) in [5.41, 5.74) is 8.56. The number of hydrogen-bond acceptors (Lipinski definition) is 4. The van der Waals surface area contributed by atoms with Crippen molar-refractivity contribution in [3.63, 3.8) is 0 Å². The first-order chi connectivity index (χ1) is 11.5. The van der Waals surface area contributed by atoms with E-state index in [-0.39, 0.29) is 5.91 Å². The van der Waals surface area contributed by atoms with Gasteiger partial charge in [-0.25, -0.2) is 0 Å². The zero-order chi connectivity index (χ0) is 17.5. The highest BCUT2D eigenvalue weighted by atomic mass is 16.5. The van der Waals surface area contributed by atoms with Crippen LogP contribution in [0, 0.1) is 6.92 Å². The predicted molar refractivity (Wildman–Crippen MR) is 95.6 cm³/mol. The molecule has 0 radical (unpaired) electrons. The summed E-state index contributed by atoms with van der Waals surface area (Å²) in [4.78, 5) is 13.3. The van der Waals surface area contributed by atoms with Crippen LogP contribution in [0.15, 0.2) is 42.5 Å². The number of rotatable bonds is 8. The first-order valence-electron chi connectivity index (χ1n) is 7.84. The van der Waals surface area contributed by atoms with Crippen LogP contribution in [-0.4, -0.2) is 26.7 Å². The summed E-state index contributed by atoms with van der Waals surface area (Å²) in [6.45, 7) is 3.22. The van der Waals surface area contributed by atoms with Crippen LogP contribution in [0.1, 0.15) is 17.5 Å². The van der Waals surface area contributed by atoms with Crippen molar-refractivity contribution in [3.05, 3.63) is 53.6 Å². The monoisotopic (exact) mass is 328 g/mol. The normalized spacial score (nSPS) is 10.3. The van der Waals surface area contributed by atoms with E-state index in [2.05, 4.69) is 11.0 Å². The van der Waals surface area contributed by atoms with Crippen LogP contribution < -0.4 is 20.1 Å². The molecule has 2 aromatic rings. The fourth-order valence-electron chi connectivity index (χ4n) is 2.57. The van der Waals surface area contributed by atoms with Gasteiger partial charge in [0, 0.05) is 30.8 Å². The quantitative estimate of drug-likeness (QED) is 0.809. The molecule has 2 rings (SSSR count). The maximum Gasteiger partial charge on any atom is 0.219 e. The van der Waals surface area contributed by atoms with Gasteiger partial charge in [0.25, 0.3) is 0 Å². The Kier molecular flexibility index (Phi) is 6.07. The average Bonchev–Trinajstić information content (AvgIpc) is 2.58. The Hall–Kier alpha value is -2.69. The average molecular weight is 328 g/mol. The van der Waals surface area contributed by atoms with E-state index in [0.717, 1.165) is 28.3 Å². The summed E-state index contributed by atoms with van der Waals surface area (Å²) in [6, 6.07) is 13.8. The Balaban J connectivity index is 2.28. The van der Waals surface area contributed by atoms with Gasteiger partial charge in [0.2, 0.25) is 5.91 Å². The van der Waals surface area contributed by atoms with E-state index < -0.39 is 0 Å². The van der Waals surface area contributed by atoms with Gasteiger partial charge < -0.3 is 20.1 Å². The van der Waals surface area contributed by atoms with E-state index in [9.17, 15) is 4.79 Å². The molecular formula is C19H24N2O3. The number of amides is 1. The van der Waals surface area contributed by atoms with Gasteiger partial charge in [-0.2, -0.15) is 0 Å². The predicted octanol–water partition coefficient (Wildman–Crippen LogP) is 2.89. The Bertz CT molecular complexity index is 684. The van der Waals surface area contributed by atoms with Gasteiger partial charge in [0.15, 0.2) is 0 Å². The van der Waals surface area contributed by atoms with E-state index in [1.54, 1.807) is 14.2 Å². The highest BCUT2D eigenvalue weighted by Gasteiger charge is 2.12. The molecule has 128 valence electrons. The van der Waals surface area contributed by atoms with Crippen LogP contribution in [0.5, 0.6) is 11.5 Å². The van der Waals surface area contributed by atoms with Crippen molar-refractivity contribution in [3.8, 4) is 11.5 Å². The highest BCUT2D eigenvalue weighted by molar-refractivity contribution is 5.74. The molecule has 2 N–H and O–H groups in total. The third kappa shape index (κ3) is 4.65. The molecule has 0 saturated heterocycles. The van der Waals surface area contributed by atoms with Crippen molar-refractivity contribution in [1.82, 2.24) is 0 Å². The number of benzene rings is 2. The third-order valence-electron chi connectivity index (χ3n) is 3.86. The van der Waals surface area contributed by atoms with Crippen LogP contribution in [0.2, 0.25) is 0 Å². The second-order valence-corrected chi connectivity index (χ2v) is 5.65. The van der Waals surface area contributed by atoms with E-state index in [4.69, 9.17) is 15.2 Å². The summed E-state index contributed by atoms with van der Waals surface area (Å²) < 4.78 is 10.7. The molecule has 0 unspecified atom stereocenters. The molecule has 0 atom stereocenters. The van der Waals surface area contributed by atoms with Gasteiger partial charge in [0.1, 0.15) is 11.5 Å². The molecule has 0 aliphatic rings.